The molecule has 0 aliphatic carbocycles. The maximum Gasteiger partial charge on any atom is 0.191 e. The molecule has 0 saturated carbocycles. The average molecular weight is 339 g/mol. The summed E-state index contributed by atoms with van der Waals surface area (Å²) < 4.78 is 5.49. The standard InChI is InChI=1S/C17H27ClN4O/c1-3-7-20-17(19-2)21-13-16(22-8-10-23-11-9-22)14-5-4-6-15(18)12-14/h4-6,12,16H,3,7-11,13H2,1-2H3,(H2,19,20,21). The number of halogens is 1. The summed E-state index contributed by atoms with van der Waals surface area (Å²) >= 11 is 6.19. The van der Waals surface area contributed by atoms with Gasteiger partial charge >= 0.3 is 0 Å². The third-order valence-corrected chi connectivity index (χ3v) is 4.18. The van der Waals surface area contributed by atoms with Gasteiger partial charge in [0.2, 0.25) is 0 Å². The predicted octanol–water partition coefficient (Wildman–Crippen LogP) is 2.29. The highest BCUT2D eigenvalue weighted by atomic mass is 35.5. The van der Waals surface area contributed by atoms with E-state index in [4.69, 9.17) is 16.3 Å². The fourth-order valence-corrected chi connectivity index (χ4v) is 2.92. The minimum absolute atomic E-state index is 0.248. The van der Waals surface area contributed by atoms with E-state index >= 15 is 0 Å². The molecule has 1 aliphatic rings. The van der Waals surface area contributed by atoms with E-state index in [-0.39, 0.29) is 6.04 Å². The summed E-state index contributed by atoms with van der Waals surface area (Å²) in [7, 11) is 1.80. The minimum Gasteiger partial charge on any atom is -0.379 e. The van der Waals surface area contributed by atoms with Crippen LogP contribution in [0.1, 0.15) is 24.9 Å². The Morgan fingerprint density at radius 2 is 2.13 bits per heavy atom. The zero-order valence-electron chi connectivity index (χ0n) is 14.0. The van der Waals surface area contributed by atoms with Crippen LogP contribution in [-0.4, -0.2) is 57.3 Å². The Morgan fingerprint density at radius 1 is 1.35 bits per heavy atom. The molecule has 1 heterocycles. The van der Waals surface area contributed by atoms with E-state index in [2.05, 4.69) is 33.5 Å². The number of hydrogen-bond acceptors (Lipinski definition) is 3. The molecule has 0 bridgehead atoms. The lowest BCUT2D eigenvalue weighted by atomic mass is 10.0. The Morgan fingerprint density at radius 3 is 2.78 bits per heavy atom. The van der Waals surface area contributed by atoms with Crippen LogP contribution in [0.4, 0.5) is 0 Å². The second-order valence-corrected chi connectivity index (χ2v) is 6.04. The second-order valence-electron chi connectivity index (χ2n) is 5.60. The van der Waals surface area contributed by atoms with Crippen LogP contribution in [0.15, 0.2) is 29.3 Å². The van der Waals surface area contributed by atoms with Gasteiger partial charge in [-0.25, -0.2) is 0 Å². The molecule has 128 valence electrons. The molecule has 1 aromatic carbocycles. The number of rotatable bonds is 6. The first-order valence-electron chi connectivity index (χ1n) is 8.26. The van der Waals surface area contributed by atoms with Gasteiger partial charge in [0.25, 0.3) is 0 Å². The highest BCUT2D eigenvalue weighted by Gasteiger charge is 2.23. The Hall–Kier alpha value is -1.30. The fraction of sp³-hybridized carbons (Fsp3) is 0.588. The number of nitrogens with zero attached hydrogens (tertiary/aromatic N) is 2. The summed E-state index contributed by atoms with van der Waals surface area (Å²) in [4.78, 5) is 6.72. The number of guanidine groups is 1. The molecule has 0 amide bonds. The number of hydrogen-bond donors (Lipinski definition) is 2. The van der Waals surface area contributed by atoms with Crippen molar-refractivity contribution >= 4 is 17.6 Å². The lowest BCUT2D eigenvalue weighted by molar-refractivity contribution is 0.0170. The van der Waals surface area contributed by atoms with Crippen LogP contribution in [0, 0.1) is 0 Å². The van der Waals surface area contributed by atoms with Crippen molar-refractivity contribution in [2.75, 3.05) is 46.4 Å². The Labute approximate surface area is 144 Å². The van der Waals surface area contributed by atoms with Crippen molar-refractivity contribution in [2.45, 2.75) is 19.4 Å². The van der Waals surface area contributed by atoms with Crippen molar-refractivity contribution in [1.29, 1.82) is 0 Å². The molecular formula is C17H27ClN4O. The number of nitrogens with one attached hydrogen (secondary N) is 2. The van der Waals surface area contributed by atoms with E-state index in [0.29, 0.717) is 0 Å². The Kier molecular flexibility index (Phi) is 7.65. The van der Waals surface area contributed by atoms with Crippen molar-refractivity contribution in [3.05, 3.63) is 34.9 Å². The smallest absolute Gasteiger partial charge is 0.191 e. The maximum absolute atomic E-state index is 6.19. The first-order chi connectivity index (χ1) is 11.2. The molecule has 1 atom stereocenters. The van der Waals surface area contributed by atoms with Gasteiger partial charge in [0, 0.05) is 38.2 Å². The molecule has 1 aliphatic heterocycles. The molecule has 5 nitrogen and oxygen atoms in total. The van der Waals surface area contributed by atoms with Crippen LogP contribution >= 0.6 is 11.6 Å². The van der Waals surface area contributed by atoms with Gasteiger partial charge in [-0.15, -0.1) is 0 Å². The molecule has 0 aromatic heterocycles. The van der Waals surface area contributed by atoms with Crippen LogP contribution in [0.25, 0.3) is 0 Å². The summed E-state index contributed by atoms with van der Waals surface area (Å²) in [5.41, 5.74) is 1.22. The summed E-state index contributed by atoms with van der Waals surface area (Å²) in [6.45, 7) is 7.25. The Balaban J connectivity index is 2.07. The quantitative estimate of drug-likeness (QED) is 0.617. The largest absolute Gasteiger partial charge is 0.379 e. The van der Waals surface area contributed by atoms with Gasteiger partial charge in [0.1, 0.15) is 0 Å². The van der Waals surface area contributed by atoms with Gasteiger partial charge in [-0.2, -0.15) is 0 Å². The number of benzene rings is 1. The van der Waals surface area contributed by atoms with Crippen molar-refractivity contribution in [3.63, 3.8) is 0 Å². The van der Waals surface area contributed by atoms with Crippen molar-refractivity contribution < 1.29 is 4.74 Å². The molecular weight excluding hydrogens is 312 g/mol. The zero-order chi connectivity index (χ0) is 16.5. The second kappa shape index (κ2) is 9.75. The molecule has 6 heteroatoms. The van der Waals surface area contributed by atoms with Crippen LogP contribution in [0.5, 0.6) is 0 Å². The summed E-state index contributed by atoms with van der Waals surface area (Å²) in [6.07, 6.45) is 1.07. The molecule has 1 aromatic rings. The van der Waals surface area contributed by atoms with Gasteiger partial charge in [0.15, 0.2) is 5.96 Å². The predicted molar refractivity (Wildman–Crippen MR) is 96.2 cm³/mol. The van der Waals surface area contributed by atoms with E-state index in [1.165, 1.54) is 5.56 Å². The van der Waals surface area contributed by atoms with E-state index in [9.17, 15) is 0 Å². The van der Waals surface area contributed by atoms with Gasteiger partial charge < -0.3 is 15.4 Å². The first kappa shape index (κ1) is 18.0. The molecule has 1 unspecified atom stereocenters. The molecule has 0 radical (unpaired) electrons. The van der Waals surface area contributed by atoms with Gasteiger partial charge in [-0.1, -0.05) is 30.7 Å². The zero-order valence-corrected chi connectivity index (χ0v) is 14.8. The van der Waals surface area contributed by atoms with Crippen LogP contribution < -0.4 is 10.6 Å². The maximum atomic E-state index is 6.19. The molecule has 2 rings (SSSR count). The minimum atomic E-state index is 0.248. The van der Waals surface area contributed by atoms with E-state index in [1.807, 2.05) is 18.2 Å². The van der Waals surface area contributed by atoms with Crippen molar-refractivity contribution in [3.8, 4) is 0 Å². The van der Waals surface area contributed by atoms with E-state index < -0.39 is 0 Å². The number of ether oxygens (including phenoxy) is 1. The monoisotopic (exact) mass is 338 g/mol. The normalized spacial score (nSPS) is 17.8. The van der Waals surface area contributed by atoms with E-state index in [0.717, 1.165) is 56.8 Å². The summed E-state index contributed by atoms with van der Waals surface area (Å²) in [5, 5.41) is 7.52. The van der Waals surface area contributed by atoms with Crippen LogP contribution in [-0.2, 0) is 4.74 Å². The summed E-state index contributed by atoms with van der Waals surface area (Å²) in [6, 6.07) is 8.35. The SMILES string of the molecule is CCCNC(=NC)NCC(c1cccc(Cl)c1)N1CCOCC1. The van der Waals surface area contributed by atoms with Crippen molar-refractivity contribution in [2.24, 2.45) is 4.99 Å². The lowest BCUT2D eigenvalue weighted by Gasteiger charge is -2.35. The third-order valence-electron chi connectivity index (χ3n) is 3.95. The average Bonchev–Trinajstić information content (AvgIpc) is 2.59. The number of morpholine rings is 1. The lowest BCUT2D eigenvalue weighted by Crippen LogP contribution is -2.46. The first-order valence-corrected chi connectivity index (χ1v) is 8.64. The molecule has 2 N–H and O–H groups in total. The molecule has 1 saturated heterocycles. The Bertz CT molecular complexity index is 503. The molecule has 0 spiro atoms. The topological polar surface area (TPSA) is 48.9 Å². The highest BCUT2D eigenvalue weighted by Crippen LogP contribution is 2.23. The van der Waals surface area contributed by atoms with Crippen LogP contribution in [0.3, 0.4) is 0 Å². The van der Waals surface area contributed by atoms with Gasteiger partial charge in [0.05, 0.1) is 19.3 Å². The molecule has 23 heavy (non-hydrogen) atoms. The summed E-state index contributed by atoms with van der Waals surface area (Å²) in [5.74, 6) is 0.840. The van der Waals surface area contributed by atoms with Crippen LogP contribution in [0.2, 0.25) is 5.02 Å². The van der Waals surface area contributed by atoms with Gasteiger partial charge in [-0.3, -0.25) is 9.89 Å². The van der Waals surface area contributed by atoms with Crippen molar-refractivity contribution in [1.82, 2.24) is 15.5 Å². The fourth-order valence-electron chi connectivity index (χ4n) is 2.72. The number of aliphatic imine (C=N–C) groups is 1. The van der Waals surface area contributed by atoms with Gasteiger partial charge in [-0.05, 0) is 24.1 Å². The third kappa shape index (κ3) is 5.68. The highest BCUT2D eigenvalue weighted by molar-refractivity contribution is 6.30. The molecule has 1 fully saturated rings. The van der Waals surface area contributed by atoms with E-state index in [1.54, 1.807) is 7.05 Å².